The van der Waals surface area contributed by atoms with Crippen LogP contribution in [0.2, 0.25) is 0 Å². The fourth-order valence-corrected chi connectivity index (χ4v) is 5.54. The van der Waals surface area contributed by atoms with Gasteiger partial charge in [0, 0.05) is 18.3 Å². The second-order valence-corrected chi connectivity index (χ2v) is 9.63. The number of nitrogens with zero attached hydrogens (tertiary/aromatic N) is 2. The van der Waals surface area contributed by atoms with E-state index in [9.17, 15) is 0 Å². The monoisotopic (exact) mass is 444 g/mol. The van der Waals surface area contributed by atoms with Gasteiger partial charge in [-0.15, -0.1) is 0 Å². The molecule has 1 fully saturated rings. The van der Waals surface area contributed by atoms with E-state index in [1.165, 1.54) is 15.8 Å². The fourth-order valence-electron chi connectivity index (χ4n) is 3.67. The topological polar surface area (TPSA) is 49.3 Å². The van der Waals surface area contributed by atoms with Crippen LogP contribution in [-0.4, -0.2) is 28.5 Å². The van der Waals surface area contributed by atoms with Crippen molar-refractivity contribution >= 4 is 49.3 Å². The van der Waals surface area contributed by atoms with Crippen LogP contribution < -0.4 is 10.6 Å². The summed E-state index contributed by atoms with van der Waals surface area (Å²) in [7, 11) is 0. The van der Waals surface area contributed by atoms with Crippen LogP contribution in [-0.2, 0) is 12.8 Å². The Kier molecular flexibility index (Phi) is 6.18. The Bertz CT molecular complexity index is 1150. The Balaban J connectivity index is 1.16. The Morgan fingerprint density at radius 1 is 0.968 bits per heavy atom. The summed E-state index contributed by atoms with van der Waals surface area (Å²) in [6.07, 6.45) is 1.97. The van der Waals surface area contributed by atoms with Crippen LogP contribution in [0.15, 0.2) is 83.9 Å². The molecule has 1 atom stereocenters. The van der Waals surface area contributed by atoms with Crippen molar-refractivity contribution in [3.05, 3.63) is 90.0 Å². The van der Waals surface area contributed by atoms with Crippen molar-refractivity contribution < 1.29 is 0 Å². The Labute approximate surface area is 190 Å². The van der Waals surface area contributed by atoms with E-state index in [0.29, 0.717) is 6.04 Å². The first kappa shape index (κ1) is 20.1. The van der Waals surface area contributed by atoms with Crippen LogP contribution >= 0.6 is 23.1 Å². The number of nitrogens with one attached hydrogen (secondary N) is 2. The predicted octanol–water partition coefficient (Wildman–Crippen LogP) is 5.89. The second-order valence-electron chi connectivity index (χ2n) is 7.59. The number of thiazole rings is 1. The summed E-state index contributed by atoms with van der Waals surface area (Å²) in [5, 5.41) is 9.04. The number of para-hydroxylation sites is 1. The number of amidine groups is 1. The van der Waals surface area contributed by atoms with Crippen molar-refractivity contribution in [2.45, 2.75) is 18.9 Å². The summed E-state index contributed by atoms with van der Waals surface area (Å²) in [5.41, 5.74) is 4.71. The first-order valence-electron chi connectivity index (χ1n) is 10.5. The lowest BCUT2D eigenvalue weighted by molar-refractivity contribution is 0.688. The SMILES string of the molecule is c1ccc(C[C@H]2CS/C(=N/c3cccc(CCNc4nc5ccccc5s4)c3)N2)cc1. The number of benzene rings is 3. The van der Waals surface area contributed by atoms with Gasteiger partial charge in [0.25, 0.3) is 0 Å². The zero-order valence-electron chi connectivity index (χ0n) is 17.1. The van der Waals surface area contributed by atoms with Gasteiger partial charge in [0.1, 0.15) is 0 Å². The lowest BCUT2D eigenvalue weighted by atomic mass is 10.1. The largest absolute Gasteiger partial charge is 0.361 e. The molecule has 31 heavy (non-hydrogen) atoms. The molecular weight excluding hydrogens is 420 g/mol. The molecule has 6 heteroatoms. The van der Waals surface area contributed by atoms with Crippen molar-refractivity contribution in [1.82, 2.24) is 10.3 Å². The molecule has 3 aromatic carbocycles. The van der Waals surface area contributed by atoms with Crippen molar-refractivity contribution in [3.8, 4) is 0 Å². The highest BCUT2D eigenvalue weighted by Gasteiger charge is 2.20. The molecule has 0 unspecified atom stereocenters. The van der Waals surface area contributed by atoms with Gasteiger partial charge in [0.05, 0.1) is 15.9 Å². The third kappa shape index (κ3) is 5.27. The molecule has 0 aliphatic carbocycles. The number of hydrogen-bond acceptors (Lipinski definition) is 5. The van der Waals surface area contributed by atoms with Gasteiger partial charge in [0.2, 0.25) is 0 Å². The van der Waals surface area contributed by atoms with Gasteiger partial charge in [-0.05, 0) is 48.2 Å². The van der Waals surface area contributed by atoms with Crippen molar-refractivity contribution in [3.63, 3.8) is 0 Å². The summed E-state index contributed by atoms with van der Waals surface area (Å²) in [5.74, 6) is 1.06. The minimum Gasteiger partial charge on any atom is -0.361 e. The molecule has 1 aromatic heterocycles. The maximum absolute atomic E-state index is 4.84. The quantitative estimate of drug-likeness (QED) is 0.373. The first-order chi connectivity index (χ1) is 15.3. The summed E-state index contributed by atoms with van der Waals surface area (Å²) < 4.78 is 1.22. The van der Waals surface area contributed by atoms with E-state index in [1.54, 1.807) is 11.3 Å². The van der Waals surface area contributed by atoms with E-state index < -0.39 is 0 Å². The molecule has 1 aliphatic rings. The molecule has 1 aliphatic heterocycles. The molecular formula is C25H24N4S2. The maximum Gasteiger partial charge on any atom is 0.183 e. The van der Waals surface area contributed by atoms with Gasteiger partial charge in [0.15, 0.2) is 10.3 Å². The molecule has 1 saturated heterocycles. The van der Waals surface area contributed by atoms with Gasteiger partial charge in [-0.25, -0.2) is 9.98 Å². The Morgan fingerprint density at radius 2 is 1.81 bits per heavy atom. The molecule has 0 spiro atoms. The van der Waals surface area contributed by atoms with Gasteiger partial charge in [-0.2, -0.15) is 0 Å². The maximum atomic E-state index is 4.84. The number of aromatic nitrogens is 1. The van der Waals surface area contributed by atoms with Crippen LogP contribution in [0.1, 0.15) is 11.1 Å². The average Bonchev–Trinajstić information content (AvgIpc) is 3.41. The molecule has 0 radical (unpaired) electrons. The highest BCUT2D eigenvalue weighted by Crippen LogP contribution is 2.26. The van der Waals surface area contributed by atoms with Crippen LogP contribution in [0.4, 0.5) is 10.8 Å². The van der Waals surface area contributed by atoms with Crippen molar-refractivity contribution in [2.24, 2.45) is 4.99 Å². The third-order valence-corrected chi connectivity index (χ3v) is 7.24. The van der Waals surface area contributed by atoms with Gasteiger partial charge in [-0.1, -0.05) is 77.7 Å². The molecule has 4 aromatic rings. The molecule has 5 rings (SSSR count). The molecule has 4 nitrogen and oxygen atoms in total. The number of anilines is 1. The van der Waals surface area contributed by atoms with Crippen LogP contribution in [0.25, 0.3) is 10.2 Å². The lowest BCUT2D eigenvalue weighted by Crippen LogP contribution is -2.28. The molecule has 0 saturated carbocycles. The second kappa shape index (κ2) is 9.54. The summed E-state index contributed by atoms with van der Waals surface area (Å²) in [6.45, 7) is 0.853. The van der Waals surface area contributed by atoms with E-state index >= 15 is 0 Å². The van der Waals surface area contributed by atoms with Gasteiger partial charge < -0.3 is 10.6 Å². The number of fused-ring (bicyclic) bond motifs is 1. The minimum absolute atomic E-state index is 0.437. The zero-order chi connectivity index (χ0) is 20.9. The summed E-state index contributed by atoms with van der Waals surface area (Å²) in [4.78, 5) is 9.48. The fraction of sp³-hybridized carbons (Fsp3) is 0.200. The Hall–Kier alpha value is -2.83. The number of hydrogen-bond donors (Lipinski definition) is 2. The van der Waals surface area contributed by atoms with Crippen molar-refractivity contribution in [1.29, 1.82) is 0 Å². The third-order valence-electron chi connectivity index (χ3n) is 5.20. The van der Waals surface area contributed by atoms with E-state index in [4.69, 9.17) is 4.99 Å². The molecule has 0 bridgehead atoms. The summed E-state index contributed by atoms with van der Waals surface area (Å²) >= 11 is 3.51. The van der Waals surface area contributed by atoms with E-state index in [0.717, 1.165) is 46.6 Å². The Morgan fingerprint density at radius 3 is 2.71 bits per heavy atom. The number of rotatable bonds is 7. The molecule has 156 valence electrons. The van der Waals surface area contributed by atoms with Crippen LogP contribution in [0.5, 0.6) is 0 Å². The molecule has 2 heterocycles. The molecule has 2 N–H and O–H groups in total. The van der Waals surface area contributed by atoms with E-state index in [2.05, 4.69) is 88.4 Å². The van der Waals surface area contributed by atoms with E-state index in [-0.39, 0.29) is 0 Å². The average molecular weight is 445 g/mol. The minimum atomic E-state index is 0.437. The van der Waals surface area contributed by atoms with Gasteiger partial charge in [-0.3, -0.25) is 0 Å². The number of aliphatic imine (C=N–C) groups is 1. The number of thioether (sulfide) groups is 1. The standard InChI is InChI=1S/C25H24N4S2/c1-2-7-18(8-3-1)16-21-17-30-25(28-21)27-20-10-6-9-19(15-20)13-14-26-24-29-22-11-4-5-12-23(22)31-24/h1-12,15,21H,13-14,16-17H2,(H,26,29)(H,27,28)/t21-/m0/s1. The van der Waals surface area contributed by atoms with Crippen molar-refractivity contribution in [2.75, 3.05) is 17.6 Å². The highest BCUT2D eigenvalue weighted by atomic mass is 32.2. The smallest absolute Gasteiger partial charge is 0.183 e. The van der Waals surface area contributed by atoms with E-state index in [1.807, 2.05) is 17.8 Å². The summed E-state index contributed by atoms with van der Waals surface area (Å²) in [6, 6.07) is 27.8. The highest BCUT2D eigenvalue weighted by molar-refractivity contribution is 8.14. The normalized spacial score (nSPS) is 17.2. The molecule has 0 amide bonds. The zero-order valence-corrected chi connectivity index (χ0v) is 18.8. The first-order valence-corrected chi connectivity index (χ1v) is 12.3. The lowest BCUT2D eigenvalue weighted by Gasteiger charge is -2.09. The van der Waals surface area contributed by atoms with Gasteiger partial charge >= 0.3 is 0 Å². The van der Waals surface area contributed by atoms with Crippen LogP contribution in [0.3, 0.4) is 0 Å². The van der Waals surface area contributed by atoms with Crippen LogP contribution in [0, 0.1) is 0 Å². The predicted molar refractivity (Wildman–Crippen MR) is 135 cm³/mol.